The van der Waals surface area contributed by atoms with Crippen LogP contribution in [0, 0.1) is 12.3 Å². The van der Waals surface area contributed by atoms with Crippen LogP contribution < -0.4 is 0 Å². The molecule has 1 unspecified atom stereocenters. The second-order valence-corrected chi connectivity index (χ2v) is 9.08. The maximum Gasteiger partial charge on any atom is 0.232 e. The summed E-state index contributed by atoms with van der Waals surface area (Å²) in [5, 5.41) is 2.18. The molecule has 1 spiro atoms. The van der Waals surface area contributed by atoms with Gasteiger partial charge in [0.2, 0.25) is 5.91 Å². The largest absolute Gasteiger partial charge is 0.332 e. The molecule has 1 atom stereocenters. The van der Waals surface area contributed by atoms with Crippen LogP contribution in [0.5, 0.6) is 0 Å². The van der Waals surface area contributed by atoms with Crippen LogP contribution in [0.2, 0.25) is 0 Å². The van der Waals surface area contributed by atoms with Crippen LogP contribution in [-0.4, -0.2) is 34.8 Å². The SMILES string of the molecule is Cc1ccsc1CN1CCC2(CC1)C(=O)N(C(C)C)C2c1ccccc1. The van der Waals surface area contributed by atoms with E-state index in [9.17, 15) is 4.79 Å². The first-order valence-corrected chi connectivity index (χ1v) is 10.5. The molecule has 2 fully saturated rings. The molecule has 3 nitrogen and oxygen atoms in total. The molecule has 0 radical (unpaired) electrons. The molecule has 2 saturated heterocycles. The Labute approximate surface area is 160 Å². The van der Waals surface area contributed by atoms with Crippen LogP contribution in [0.25, 0.3) is 0 Å². The average Bonchev–Trinajstić information content (AvgIpc) is 3.05. The Kier molecular flexibility index (Phi) is 4.66. The van der Waals surface area contributed by atoms with Gasteiger partial charge < -0.3 is 4.90 Å². The molecule has 2 aliphatic heterocycles. The van der Waals surface area contributed by atoms with Crippen molar-refractivity contribution >= 4 is 17.2 Å². The lowest BCUT2D eigenvalue weighted by molar-refractivity contribution is -0.185. The van der Waals surface area contributed by atoms with Gasteiger partial charge in [-0.15, -0.1) is 11.3 Å². The first kappa shape index (κ1) is 17.7. The van der Waals surface area contributed by atoms with Gasteiger partial charge in [-0.1, -0.05) is 30.3 Å². The van der Waals surface area contributed by atoms with Gasteiger partial charge >= 0.3 is 0 Å². The fourth-order valence-electron chi connectivity index (χ4n) is 4.71. The summed E-state index contributed by atoms with van der Waals surface area (Å²) in [4.78, 5) is 19.2. The highest BCUT2D eigenvalue weighted by atomic mass is 32.1. The highest BCUT2D eigenvalue weighted by molar-refractivity contribution is 7.10. The predicted octanol–water partition coefficient (Wildman–Crippen LogP) is 4.63. The summed E-state index contributed by atoms with van der Waals surface area (Å²) in [5.74, 6) is 0.369. The number of β-lactam (4-membered cyclic amide) rings is 1. The van der Waals surface area contributed by atoms with Crippen LogP contribution in [0.15, 0.2) is 41.8 Å². The lowest BCUT2D eigenvalue weighted by Gasteiger charge is -2.60. The molecule has 2 aliphatic rings. The molecule has 26 heavy (non-hydrogen) atoms. The summed E-state index contributed by atoms with van der Waals surface area (Å²) >= 11 is 1.85. The Hall–Kier alpha value is -1.65. The number of piperidine rings is 1. The van der Waals surface area contributed by atoms with Gasteiger partial charge in [0.25, 0.3) is 0 Å². The van der Waals surface area contributed by atoms with Crippen molar-refractivity contribution in [1.82, 2.24) is 9.80 Å². The highest BCUT2D eigenvalue weighted by Crippen LogP contribution is 2.56. The summed E-state index contributed by atoms with van der Waals surface area (Å²) < 4.78 is 0. The van der Waals surface area contributed by atoms with E-state index < -0.39 is 0 Å². The van der Waals surface area contributed by atoms with Crippen molar-refractivity contribution < 1.29 is 4.79 Å². The normalized spacial score (nSPS) is 22.8. The third kappa shape index (κ3) is 2.80. The average molecular weight is 369 g/mol. The van der Waals surface area contributed by atoms with E-state index in [1.807, 2.05) is 11.3 Å². The molecule has 0 saturated carbocycles. The van der Waals surface area contributed by atoms with Crippen molar-refractivity contribution in [2.24, 2.45) is 5.41 Å². The van der Waals surface area contributed by atoms with E-state index in [2.05, 4.69) is 72.3 Å². The lowest BCUT2D eigenvalue weighted by atomic mass is 9.62. The van der Waals surface area contributed by atoms with Crippen LogP contribution >= 0.6 is 11.3 Å². The first-order valence-electron chi connectivity index (χ1n) is 9.66. The minimum absolute atomic E-state index is 0.188. The monoisotopic (exact) mass is 368 g/mol. The van der Waals surface area contributed by atoms with Crippen LogP contribution in [0.1, 0.15) is 48.7 Å². The lowest BCUT2D eigenvalue weighted by Crippen LogP contribution is -2.67. The minimum atomic E-state index is -0.188. The summed E-state index contributed by atoms with van der Waals surface area (Å²) in [6, 6.07) is 13.3. The standard InChI is InChI=1S/C22H28N2OS/c1-16(2)24-20(18-7-5-4-6-8-18)22(21(24)25)10-12-23(13-11-22)15-19-17(3)9-14-26-19/h4-9,14,16,20H,10-13,15H2,1-3H3. The molecule has 2 aromatic rings. The van der Waals surface area contributed by atoms with Crippen molar-refractivity contribution in [3.8, 4) is 0 Å². The molecule has 4 heteroatoms. The Morgan fingerprint density at radius 2 is 1.85 bits per heavy atom. The Balaban J connectivity index is 1.52. The van der Waals surface area contributed by atoms with E-state index in [0.29, 0.717) is 5.91 Å². The van der Waals surface area contributed by atoms with E-state index >= 15 is 0 Å². The van der Waals surface area contributed by atoms with Gasteiger partial charge in [-0.25, -0.2) is 0 Å². The van der Waals surface area contributed by atoms with E-state index in [-0.39, 0.29) is 17.5 Å². The summed E-state index contributed by atoms with van der Waals surface area (Å²) in [7, 11) is 0. The first-order chi connectivity index (χ1) is 12.5. The molecular formula is C22H28N2OS. The van der Waals surface area contributed by atoms with Gasteiger partial charge in [-0.2, -0.15) is 0 Å². The molecule has 1 aromatic heterocycles. The maximum atomic E-state index is 13.2. The fourth-order valence-corrected chi connectivity index (χ4v) is 5.65. The van der Waals surface area contributed by atoms with Gasteiger partial charge in [-0.3, -0.25) is 9.69 Å². The van der Waals surface area contributed by atoms with Crippen LogP contribution in [-0.2, 0) is 11.3 Å². The van der Waals surface area contributed by atoms with E-state index in [1.165, 1.54) is 16.0 Å². The van der Waals surface area contributed by atoms with E-state index in [1.54, 1.807) is 0 Å². The number of likely N-dealkylation sites (tertiary alicyclic amines) is 2. The second-order valence-electron chi connectivity index (χ2n) is 8.08. The zero-order valence-corrected chi connectivity index (χ0v) is 16.8. The van der Waals surface area contributed by atoms with Gasteiger partial charge in [0, 0.05) is 17.5 Å². The third-order valence-corrected chi connectivity index (χ3v) is 7.23. The number of nitrogens with zero attached hydrogens (tertiary/aromatic N) is 2. The van der Waals surface area contributed by atoms with Gasteiger partial charge in [0.15, 0.2) is 0 Å². The fraction of sp³-hybridized carbons (Fsp3) is 0.500. The number of hydrogen-bond acceptors (Lipinski definition) is 3. The zero-order valence-electron chi connectivity index (χ0n) is 15.9. The summed E-state index contributed by atoms with van der Waals surface area (Å²) in [5.41, 5.74) is 2.50. The highest BCUT2D eigenvalue weighted by Gasteiger charge is 2.61. The smallest absolute Gasteiger partial charge is 0.232 e. The van der Waals surface area contributed by atoms with E-state index in [4.69, 9.17) is 0 Å². The zero-order chi connectivity index (χ0) is 18.3. The van der Waals surface area contributed by atoms with E-state index in [0.717, 1.165) is 32.5 Å². The number of thiophene rings is 1. The molecular weight excluding hydrogens is 340 g/mol. The van der Waals surface area contributed by atoms with Crippen molar-refractivity contribution in [1.29, 1.82) is 0 Å². The van der Waals surface area contributed by atoms with Crippen molar-refractivity contribution in [2.75, 3.05) is 13.1 Å². The quantitative estimate of drug-likeness (QED) is 0.735. The van der Waals surface area contributed by atoms with Crippen molar-refractivity contribution in [2.45, 2.75) is 52.2 Å². The number of hydrogen-bond donors (Lipinski definition) is 0. The number of amides is 1. The molecule has 138 valence electrons. The van der Waals surface area contributed by atoms with Crippen molar-refractivity contribution in [3.05, 3.63) is 57.8 Å². The minimum Gasteiger partial charge on any atom is -0.332 e. The topological polar surface area (TPSA) is 23.6 Å². The summed E-state index contributed by atoms with van der Waals surface area (Å²) in [6.45, 7) is 9.51. The predicted molar refractivity (Wildman–Crippen MR) is 107 cm³/mol. The molecule has 1 amide bonds. The third-order valence-electron chi connectivity index (χ3n) is 6.22. The number of aryl methyl sites for hydroxylation is 1. The molecule has 0 bridgehead atoms. The Morgan fingerprint density at radius 3 is 2.42 bits per heavy atom. The second kappa shape index (κ2) is 6.82. The van der Waals surface area contributed by atoms with Gasteiger partial charge in [0.1, 0.15) is 0 Å². The molecule has 4 rings (SSSR count). The summed E-state index contributed by atoms with van der Waals surface area (Å²) in [6.07, 6.45) is 1.94. The molecule has 0 N–H and O–H groups in total. The Morgan fingerprint density at radius 1 is 1.15 bits per heavy atom. The molecule has 1 aromatic carbocycles. The van der Waals surface area contributed by atoms with Crippen LogP contribution in [0.4, 0.5) is 0 Å². The number of benzene rings is 1. The van der Waals surface area contributed by atoms with Gasteiger partial charge in [0.05, 0.1) is 11.5 Å². The number of carbonyl (C=O) groups excluding carboxylic acids is 1. The van der Waals surface area contributed by atoms with Crippen molar-refractivity contribution in [3.63, 3.8) is 0 Å². The van der Waals surface area contributed by atoms with Gasteiger partial charge in [-0.05, 0) is 69.3 Å². The van der Waals surface area contributed by atoms with Crippen LogP contribution in [0.3, 0.4) is 0 Å². The maximum absolute atomic E-state index is 13.2. The molecule has 3 heterocycles. The number of rotatable bonds is 4. The Bertz CT molecular complexity index is 774. The molecule has 0 aliphatic carbocycles. The number of carbonyl (C=O) groups is 1.